The van der Waals surface area contributed by atoms with E-state index in [2.05, 4.69) is 20.4 Å². The van der Waals surface area contributed by atoms with E-state index >= 15 is 0 Å². The molecule has 0 aliphatic rings. The minimum Gasteiger partial charge on any atom is -0.491 e. The number of nitrogens with zero attached hydrogens (tertiary/aromatic N) is 5. The van der Waals surface area contributed by atoms with Gasteiger partial charge in [0.25, 0.3) is 12.3 Å². The Bertz CT molecular complexity index is 1230. The van der Waals surface area contributed by atoms with Crippen LogP contribution in [0.5, 0.6) is 5.75 Å². The summed E-state index contributed by atoms with van der Waals surface area (Å²) in [7, 11) is 1.85. The number of carbonyl (C=O) groups excluding carboxylic acids is 1. The quantitative estimate of drug-likeness (QED) is 0.488. The SMILES string of the molecule is CCOc1cc2nc(Cc3ccn(C)n3)cn2cc1NC(=O)c1cccc(C(F)F)n1. The number of nitrogens with one attached hydrogen (secondary N) is 1. The second-order valence-corrected chi connectivity index (χ2v) is 6.84. The van der Waals surface area contributed by atoms with Crippen molar-refractivity contribution in [2.75, 3.05) is 11.9 Å². The number of hydrogen-bond donors (Lipinski definition) is 1. The Morgan fingerprint density at radius 1 is 1.19 bits per heavy atom. The van der Waals surface area contributed by atoms with Gasteiger partial charge in [0.15, 0.2) is 0 Å². The summed E-state index contributed by atoms with van der Waals surface area (Å²) >= 11 is 0. The predicted molar refractivity (Wildman–Crippen MR) is 110 cm³/mol. The van der Waals surface area contributed by atoms with Crippen LogP contribution in [0, 0.1) is 0 Å². The van der Waals surface area contributed by atoms with Crippen molar-refractivity contribution in [1.29, 1.82) is 0 Å². The Balaban J connectivity index is 1.63. The number of aromatic nitrogens is 5. The predicted octanol–water partition coefficient (Wildman–Crippen LogP) is 3.64. The molecule has 0 aliphatic heterocycles. The molecule has 0 bridgehead atoms. The van der Waals surface area contributed by atoms with Gasteiger partial charge in [0.1, 0.15) is 28.5 Å². The number of fused-ring (bicyclic) bond motifs is 1. The first-order valence-electron chi connectivity index (χ1n) is 9.62. The van der Waals surface area contributed by atoms with Gasteiger partial charge in [0.05, 0.1) is 18.0 Å². The zero-order valence-corrected chi connectivity index (χ0v) is 16.9. The van der Waals surface area contributed by atoms with Crippen LogP contribution in [0.15, 0.2) is 48.9 Å². The summed E-state index contributed by atoms with van der Waals surface area (Å²) in [5.74, 6) is -0.194. The zero-order valence-electron chi connectivity index (χ0n) is 16.9. The lowest BCUT2D eigenvalue weighted by molar-refractivity contribution is 0.101. The van der Waals surface area contributed by atoms with E-state index in [-0.39, 0.29) is 5.69 Å². The number of carbonyl (C=O) groups is 1. The molecule has 160 valence electrons. The molecule has 1 amide bonds. The van der Waals surface area contributed by atoms with E-state index < -0.39 is 18.0 Å². The van der Waals surface area contributed by atoms with Gasteiger partial charge in [-0.15, -0.1) is 0 Å². The van der Waals surface area contributed by atoms with Gasteiger partial charge in [0, 0.05) is 38.1 Å². The van der Waals surface area contributed by atoms with Crippen LogP contribution < -0.4 is 10.1 Å². The van der Waals surface area contributed by atoms with Gasteiger partial charge >= 0.3 is 0 Å². The monoisotopic (exact) mass is 426 g/mol. The second kappa shape index (κ2) is 8.50. The molecule has 0 aliphatic carbocycles. The fourth-order valence-corrected chi connectivity index (χ4v) is 3.15. The molecule has 1 N–H and O–H groups in total. The molecule has 4 heterocycles. The van der Waals surface area contributed by atoms with E-state index in [1.807, 2.05) is 32.4 Å². The second-order valence-electron chi connectivity index (χ2n) is 6.84. The minimum absolute atomic E-state index is 0.109. The summed E-state index contributed by atoms with van der Waals surface area (Å²) in [5.41, 5.74) is 2.14. The van der Waals surface area contributed by atoms with Gasteiger partial charge < -0.3 is 14.5 Å². The molecular formula is C21H20F2N6O2. The Kier molecular flexibility index (Phi) is 5.61. The topological polar surface area (TPSA) is 86.3 Å². The Morgan fingerprint density at radius 2 is 2.03 bits per heavy atom. The molecule has 10 heteroatoms. The van der Waals surface area contributed by atoms with Crippen LogP contribution in [-0.4, -0.2) is 36.7 Å². The minimum atomic E-state index is -2.76. The van der Waals surface area contributed by atoms with Crippen molar-refractivity contribution in [3.05, 3.63) is 71.7 Å². The number of halogens is 2. The summed E-state index contributed by atoms with van der Waals surface area (Å²) in [6.45, 7) is 2.20. The number of ether oxygens (including phenoxy) is 1. The van der Waals surface area contributed by atoms with Gasteiger partial charge in [-0.3, -0.25) is 9.48 Å². The third-order valence-corrected chi connectivity index (χ3v) is 4.51. The van der Waals surface area contributed by atoms with Crippen molar-refractivity contribution in [3.63, 3.8) is 0 Å². The molecule has 0 radical (unpaired) electrons. The number of amides is 1. The van der Waals surface area contributed by atoms with Crippen molar-refractivity contribution >= 4 is 17.2 Å². The largest absolute Gasteiger partial charge is 0.491 e. The highest BCUT2D eigenvalue weighted by atomic mass is 19.3. The van der Waals surface area contributed by atoms with Gasteiger partial charge in [-0.2, -0.15) is 5.10 Å². The number of aryl methyl sites for hydroxylation is 1. The maximum atomic E-state index is 12.9. The number of alkyl halides is 2. The molecule has 31 heavy (non-hydrogen) atoms. The molecule has 4 aromatic rings. The van der Waals surface area contributed by atoms with E-state index in [0.717, 1.165) is 11.4 Å². The number of hydrogen-bond acceptors (Lipinski definition) is 5. The fourth-order valence-electron chi connectivity index (χ4n) is 3.15. The van der Waals surface area contributed by atoms with Gasteiger partial charge in [-0.05, 0) is 25.1 Å². The first-order chi connectivity index (χ1) is 14.9. The van der Waals surface area contributed by atoms with Crippen molar-refractivity contribution < 1.29 is 18.3 Å². The molecule has 0 saturated heterocycles. The van der Waals surface area contributed by atoms with E-state index in [1.54, 1.807) is 21.3 Å². The Hall–Kier alpha value is -3.82. The first kappa shape index (κ1) is 20.5. The summed E-state index contributed by atoms with van der Waals surface area (Å²) in [6.07, 6.45) is 3.17. The zero-order chi connectivity index (χ0) is 22.0. The molecule has 0 saturated carbocycles. The highest BCUT2D eigenvalue weighted by Gasteiger charge is 2.17. The summed E-state index contributed by atoms with van der Waals surface area (Å²) in [4.78, 5) is 20.9. The van der Waals surface area contributed by atoms with Gasteiger partial charge in [-0.1, -0.05) is 6.07 Å². The summed E-state index contributed by atoms with van der Waals surface area (Å²) in [5, 5.41) is 7.06. The molecule has 0 aromatic carbocycles. The average molecular weight is 426 g/mol. The fraction of sp³-hybridized carbons (Fsp3) is 0.238. The van der Waals surface area contributed by atoms with Gasteiger partial charge in [0.2, 0.25) is 0 Å². The molecule has 0 spiro atoms. The molecule has 4 aromatic heterocycles. The lowest BCUT2D eigenvalue weighted by atomic mass is 10.2. The number of anilines is 1. The van der Waals surface area contributed by atoms with Gasteiger partial charge in [-0.25, -0.2) is 18.7 Å². The van der Waals surface area contributed by atoms with Crippen molar-refractivity contribution in [1.82, 2.24) is 24.1 Å². The smallest absolute Gasteiger partial charge is 0.280 e. The lowest BCUT2D eigenvalue weighted by Crippen LogP contribution is -2.16. The van der Waals surface area contributed by atoms with E-state index in [1.165, 1.54) is 18.2 Å². The normalized spacial score (nSPS) is 11.3. The van der Waals surface area contributed by atoms with Crippen LogP contribution >= 0.6 is 0 Å². The maximum absolute atomic E-state index is 12.9. The van der Waals surface area contributed by atoms with Crippen LogP contribution in [0.4, 0.5) is 14.5 Å². The number of imidazole rings is 1. The van der Waals surface area contributed by atoms with Crippen molar-refractivity contribution in [3.8, 4) is 5.75 Å². The highest BCUT2D eigenvalue weighted by molar-refractivity contribution is 6.03. The Labute approximate surface area is 176 Å². The number of pyridine rings is 2. The molecule has 0 unspecified atom stereocenters. The summed E-state index contributed by atoms with van der Waals surface area (Å²) < 4.78 is 35.0. The Morgan fingerprint density at radius 3 is 2.74 bits per heavy atom. The maximum Gasteiger partial charge on any atom is 0.280 e. The third kappa shape index (κ3) is 4.52. The van der Waals surface area contributed by atoms with E-state index in [4.69, 9.17) is 4.74 Å². The average Bonchev–Trinajstić information content (AvgIpc) is 3.33. The molecule has 8 nitrogen and oxygen atoms in total. The number of rotatable bonds is 7. The van der Waals surface area contributed by atoms with Crippen LogP contribution in [0.1, 0.15) is 40.9 Å². The van der Waals surface area contributed by atoms with Crippen molar-refractivity contribution in [2.24, 2.45) is 7.05 Å². The first-order valence-corrected chi connectivity index (χ1v) is 9.62. The molecule has 0 fully saturated rings. The summed E-state index contributed by atoms with van der Waals surface area (Å²) in [6, 6.07) is 7.55. The highest BCUT2D eigenvalue weighted by Crippen LogP contribution is 2.27. The lowest BCUT2D eigenvalue weighted by Gasteiger charge is -2.12. The molecule has 4 rings (SSSR count). The standard InChI is InChI=1S/C21H20F2N6O2/c1-3-31-18-10-19-24-14(9-13-7-8-28(2)27-13)11-29(19)12-17(18)26-21(30)16-6-4-5-15(25-16)20(22)23/h4-8,10-12,20H,3,9H2,1-2H3,(H,26,30). The van der Waals surface area contributed by atoms with Crippen LogP contribution in [-0.2, 0) is 13.5 Å². The van der Waals surface area contributed by atoms with Crippen LogP contribution in [0.25, 0.3) is 5.65 Å². The third-order valence-electron chi connectivity index (χ3n) is 4.51. The molecular weight excluding hydrogens is 406 g/mol. The van der Waals surface area contributed by atoms with Crippen molar-refractivity contribution in [2.45, 2.75) is 19.8 Å². The van der Waals surface area contributed by atoms with Crippen LogP contribution in [0.2, 0.25) is 0 Å². The van der Waals surface area contributed by atoms with Crippen LogP contribution in [0.3, 0.4) is 0 Å². The van der Waals surface area contributed by atoms with E-state index in [0.29, 0.717) is 30.1 Å². The van der Waals surface area contributed by atoms with E-state index in [9.17, 15) is 13.6 Å². The molecule has 0 atom stereocenters.